The molecule has 4 heteroatoms. The van der Waals surface area contributed by atoms with Gasteiger partial charge in [0, 0.05) is 36.8 Å². The molecule has 4 rings (SSSR count). The number of nitrogens with one attached hydrogen (secondary N) is 1. The van der Waals surface area contributed by atoms with E-state index in [1.807, 2.05) is 0 Å². The zero-order valence-electron chi connectivity index (χ0n) is 13.5. The highest BCUT2D eigenvalue weighted by Crippen LogP contribution is 2.29. The highest BCUT2D eigenvalue weighted by Gasteiger charge is 2.21. The standard InChI is InChI=1S/C20H21FN2O/c21-17-6-2-4-8-20(17)24-12-9-16-14-22-10-11-23-18-7-3-1-5-15(18)13-19(16)23/h1-8,13,16,22H,9-12,14H2. The van der Waals surface area contributed by atoms with Crippen LogP contribution in [0, 0.1) is 5.82 Å². The number of benzene rings is 2. The number of aromatic nitrogens is 1. The maximum absolute atomic E-state index is 13.7. The quantitative estimate of drug-likeness (QED) is 0.787. The van der Waals surface area contributed by atoms with Crippen LogP contribution in [0.1, 0.15) is 18.0 Å². The fourth-order valence-corrected chi connectivity index (χ4v) is 3.51. The Balaban J connectivity index is 1.53. The molecule has 1 atom stereocenters. The highest BCUT2D eigenvalue weighted by molar-refractivity contribution is 5.81. The van der Waals surface area contributed by atoms with Gasteiger partial charge in [0.1, 0.15) is 0 Å². The minimum atomic E-state index is -0.300. The molecule has 1 unspecified atom stereocenters. The molecule has 124 valence electrons. The van der Waals surface area contributed by atoms with E-state index in [-0.39, 0.29) is 5.82 Å². The van der Waals surface area contributed by atoms with E-state index in [1.54, 1.807) is 18.2 Å². The average molecular weight is 324 g/mol. The number of fused-ring (bicyclic) bond motifs is 3. The summed E-state index contributed by atoms with van der Waals surface area (Å²) in [6, 6.07) is 17.4. The van der Waals surface area contributed by atoms with Crippen molar-refractivity contribution >= 4 is 10.9 Å². The number of para-hydroxylation sites is 2. The summed E-state index contributed by atoms with van der Waals surface area (Å²) in [5.41, 5.74) is 2.63. The van der Waals surface area contributed by atoms with Gasteiger partial charge in [-0.2, -0.15) is 0 Å². The third-order valence-corrected chi connectivity index (χ3v) is 4.72. The van der Waals surface area contributed by atoms with Gasteiger partial charge in [-0.1, -0.05) is 30.3 Å². The zero-order valence-corrected chi connectivity index (χ0v) is 13.5. The Morgan fingerprint density at radius 1 is 1.12 bits per heavy atom. The van der Waals surface area contributed by atoms with Crippen LogP contribution in [0.25, 0.3) is 10.9 Å². The number of hydrogen-bond acceptors (Lipinski definition) is 2. The van der Waals surface area contributed by atoms with Gasteiger partial charge in [0.05, 0.1) is 6.61 Å². The lowest BCUT2D eigenvalue weighted by Gasteiger charge is -2.16. The number of ether oxygens (including phenoxy) is 1. The van der Waals surface area contributed by atoms with Crippen LogP contribution in [-0.4, -0.2) is 24.3 Å². The second-order valence-corrected chi connectivity index (χ2v) is 6.25. The van der Waals surface area contributed by atoms with Gasteiger partial charge in [-0.15, -0.1) is 0 Å². The second kappa shape index (κ2) is 6.65. The molecule has 0 fully saturated rings. The maximum Gasteiger partial charge on any atom is 0.165 e. The molecule has 24 heavy (non-hydrogen) atoms. The molecule has 0 aliphatic carbocycles. The number of nitrogens with zero attached hydrogens (tertiary/aromatic N) is 1. The third-order valence-electron chi connectivity index (χ3n) is 4.72. The first-order valence-corrected chi connectivity index (χ1v) is 8.49. The minimum Gasteiger partial charge on any atom is -0.490 e. The lowest BCUT2D eigenvalue weighted by molar-refractivity contribution is 0.282. The fourth-order valence-electron chi connectivity index (χ4n) is 3.51. The Morgan fingerprint density at radius 2 is 1.96 bits per heavy atom. The Hall–Kier alpha value is -2.33. The van der Waals surface area contributed by atoms with Crippen LogP contribution in [0.3, 0.4) is 0 Å². The summed E-state index contributed by atoms with van der Waals surface area (Å²) in [6.45, 7) is 3.38. The Kier molecular flexibility index (Phi) is 4.22. The summed E-state index contributed by atoms with van der Waals surface area (Å²) in [6.07, 6.45) is 0.859. The van der Waals surface area contributed by atoms with Crippen molar-refractivity contribution in [1.29, 1.82) is 0 Å². The molecular weight excluding hydrogens is 303 g/mol. The SMILES string of the molecule is Fc1ccccc1OCCC1CNCCn2c1cc1ccccc12. The summed E-state index contributed by atoms with van der Waals surface area (Å²) in [4.78, 5) is 0. The van der Waals surface area contributed by atoms with Gasteiger partial charge in [-0.25, -0.2) is 4.39 Å². The number of hydrogen-bond donors (Lipinski definition) is 1. The van der Waals surface area contributed by atoms with E-state index in [0.29, 0.717) is 18.3 Å². The Morgan fingerprint density at radius 3 is 2.88 bits per heavy atom. The van der Waals surface area contributed by atoms with Gasteiger partial charge in [0.25, 0.3) is 0 Å². The number of rotatable bonds is 4. The van der Waals surface area contributed by atoms with Crippen molar-refractivity contribution < 1.29 is 9.13 Å². The first-order chi connectivity index (χ1) is 11.8. The zero-order chi connectivity index (χ0) is 16.4. The molecule has 0 amide bonds. The molecule has 3 nitrogen and oxygen atoms in total. The molecule has 0 spiro atoms. The fraction of sp³-hybridized carbons (Fsp3) is 0.300. The van der Waals surface area contributed by atoms with E-state index in [4.69, 9.17) is 4.74 Å². The highest BCUT2D eigenvalue weighted by atomic mass is 19.1. The van der Waals surface area contributed by atoms with Gasteiger partial charge >= 0.3 is 0 Å². The first kappa shape index (κ1) is 15.2. The van der Waals surface area contributed by atoms with Crippen molar-refractivity contribution in [2.24, 2.45) is 0 Å². The molecule has 1 aliphatic heterocycles. The molecule has 0 saturated carbocycles. The van der Waals surface area contributed by atoms with E-state index in [0.717, 1.165) is 26.1 Å². The van der Waals surface area contributed by atoms with E-state index in [2.05, 4.69) is 40.2 Å². The van der Waals surface area contributed by atoms with E-state index in [9.17, 15) is 4.39 Å². The summed E-state index contributed by atoms with van der Waals surface area (Å²) < 4.78 is 21.7. The second-order valence-electron chi connectivity index (χ2n) is 6.25. The summed E-state index contributed by atoms with van der Waals surface area (Å²) in [5.74, 6) is 0.400. The Bertz CT molecular complexity index is 843. The molecular formula is C20H21FN2O. The van der Waals surface area contributed by atoms with Crippen LogP contribution in [0.15, 0.2) is 54.6 Å². The smallest absolute Gasteiger partial charge is 0.165 e. The van der Waals surface area contributed by atoms with Gasteiger partial charge in [-0.05, 0) is 36.1 Å². The number of halogens is 1. The minimum absolute atomic E-state index is 0.300. The van der Waals surface area contributed by atoms with Crippen molar-refractivity contribution in [3.8, 4) is 5.75 Å². The lowest BCUT2D eigenvalue weighted by atomic mass is 10.0. The third kappa shape index (κ3) is 2.89. The van der Waals surface area contributed by atoms with E-state index < -0.39 is 0 Å². The molecule has 1 aliphatic rings. The van der Waals surface area contributed by atoms with Crippen LogP contribution in [0.2, 0.25) is 0 Å². The van der Waals surface area contributed by atoms with Gasteiger partial charge in [-0.3, -0.25) is 0 Å². The average Bonchev–Trinajstić information content (AvgIpc) is 2.86. The van der Waals surface area contributed by atoms with E-state index >= 15 is 0 Å². The van der Waals surface area contributed by atoms with Crippen molar-refractivity contribution in [3.05, 3.63) is 66.1 Å². The maximum atomic E-state index is 13.7. The van der Waals surface area contributed by atoms with Crippen molar-refractivity contribution in [3.63, 3.8) is 0 Å². The Labute approximate surface area is 141 Å². The molecule has 2 heterocycles. The molecule has 0 radical (unpaired) electrons. The van der Waals surface area contributed by atoms with Crippen LogP contribution < -0.4 is 10.1 Å². The van der Waals surface area contributed by atoms with E-state index in [1.165, 1.54) is 22.7 Å². The largest absolute Gasteiger partial charge is 0.490 e. The summed E-state index contributed by atoms with van der Waals surface area (Å²) >= 11 is 0. The van der Waals surface area contributed by atoms with Crippen LogP contribution in [0.4, 0.5) is 4.39 Å². The normalized spacial score (nSPS) is 17.5. The monoisotopic (exact) mass is 324 g/mol. The predicted molar refractivity (Wildman–Crippen MR) is 94.1 cm³/mol. The molecule has 1 N–H and O–H groups in total. The van der Waals surface area contributed by atoms with Crippen LogP contribution >= 0.6 is 0 Å². The molecule has 0 saturated heterocycles. The lowest BCUT2D eigenvalue weighted by Crippen LogP contribution is -2.21. The molecule has 0 bridgehead atoms. The summed E-state index contributed by atoms with van der Waals surface area (Å²) in [7, 11) is 0. The topological polar surface area (TPSA) is 26.2 Å². The molecule has 1 aromatic heterocycles. The van der Waals surface area contributed by atoms with Crippen LogP contribution in [0.5, 0.6) is 5.75 Å². The van der Waals surface area contributed by atoms with Crippen molar-refractivity contribution in [2.45, 2.75) is 18.9 Å². The first-order valence-electron chi connectivity index (χ1n) is 8.49. The van der Waals surface area contributed by atoms with Gasteiger partial charge in [0.2, 0.25) is 0 Å². The van der Waals surface area contributed by atoms with Crippen LogP contribution in [-0.2, 0) is 6.54 Å². The van der Waals surface area contributed by atoms with Gasteiger partial charge < -0.3 is 14.6 Å². The summed E-state index contributed by atoms with van der Waals surface area (Å²) in [5, 5.41) is 4.79. The predicted octanol–water partition coefficient (Wildman–Crippen LogP) is 3.94. The van der Waals surface area contributed by atoms with Crippen molar-refractivity contribution in [2.75, 3.05) is 19.7 Å². The molecule has 2 aromatic carbocycles. The molecule has 3 aromatic rings. The van der Waals surface area contributed by atoms with Crippen molar-refractivity contribution in [1.82, 2.24) is 9.88 Å². The van der Waals surface area contributed by atoms with Gasteiger partial charge in [0.15, 0.2) is 11.6 Å².